The van der Waals surface area contributed by atoms with Gasteiger partial charge in [-0.15, -0.1) is 0 Å². The van der Waals surface area contributed by atoms with Gasteiger partial charge in [-0.25, -0.2) is 15.0 Å². The molecule has 0 saturated heterocycles. The predicted octanol–water partition coefficient (Wildman–Crippen LogP) is 9.33. The predicted molar refractivity (Wildman–Crippen MR) is 176 cm³/mol. The molecule has 0 saturated carbocycles. The average Bonchev–Trinajstić information content (AvgIpc) is 3.07. The van der Waals surface area contributed by atoms with E-state index in [4.69, 9.17) is 19.9 Å². The topological polar surface area (TPSA) is 51.6 Å². The van der Waals surface area contributed by atoms with Crippen LogP contribution in [-0.4, -0.2) is 19.9 Å². The quantitative estimate of drug-likeness (QED) is 0.203. The minimum atomic E-state index is 0.126. The number of aromatic nitrogens is 4. The minimum absolute atomic E-state index is 0.126. The van der Waals surface area contributed by atoms with Gasteiger partial charge < -0.3 is 0 Å². The van der Waals surface area contributed by atoms with Gasteiger partial charge in [0, 0.05) is 34.5 Å². The molecule has 2 aliphatic rings. The van der Waals surface area contributed by atoms with Gasteiger partial charge >= 0.3 is 0 Å². The van der Waals surface area contributed by atoms with Crippen LogP contribution in [0.1, 0.15) is 54.1 Å². The highest BCUT2D eigenvalue weighted by Crippen LogP contribution is 2.38. The molecule has 0 bridgehead atoms. The molecule has 2 aromatic heterocycles. The third-order valence-corrected chi connectivity index (χ3v) is 8.97. The third kappa shape index (κ3) is 4.93. The molecule has 0 aliphatic heterocycles. The number of benzene rings is 4. The lowest BCUT2D eigenvalue weighted by Crippen LogP contribution is -2.12. The Balaban J connectivity index is 1.20. The molecule has 0 radical (unpaired) electrons. The highest BCUT2D eigenvalue weighted by atomic mass is 15.0. The van der Waals surface area contributed by atoms with Crippen LogP contribution in [0.15, 0.2) is 115 Å². The summed E-state index contributed by atoms with van der Waals surface area (Å²) in [5.41, 5.74) is 7.08. The summed E-state index contributed by atoms with van der Waals surface area (Å²) in [7, 11) is 0. The van der Waals surface area contributed by atoms with Gasteiger partial charge in [0.1, 0.15) is 5.82 Å². The smallest absolute Gasteiger partial charge is 0.163 e. The van der Waals surface area contributed by atoms with Crippen molar-refractivity contribution in [1.29, 1.82) is 0 Å². The second-order valence-electron chi connectivity index (χ2n) is 12.0. The number of rotatable bonds is 4. The standard InChI is InChI=1S/C39H32N4/c1-25-11-12-27-14-20-33(24-34(27)22-25)39-42-37(41-38(43-39)32-19-13-26-6-2-3-7-31(26)23-32)30-17-15-28(16-18-30)35-10-4-8-29-9-5-21-40-36(29)35/h2-15,17,19-21,23-25,28,30H,16,18,22H2,1H3. The summed E-state index contributed by atoms with van der Waals surface area (Å²) in [4.78, 5) is 20.0. The maximum absolute atomic E-state index is 5.13. The van der Waals surface area contributed by atoms with Gasteiger partial charge in [-0.05, 0) is 70.8 Å². The molecular formula is C39H32N4. The van der Waals surface area contributed by atoms with Crippen molar-refractivity contribution in [3.63, 3.8) is 0 Å². The molecule has 6 aromatic rings. The number of pyridine rings is 1. The van der Waals surface area contributed by atoms with E-state index in [1.54, 1.807) is 0 Å². The summed E-state index contributed by atoms with van der Waals surface area (Å²) in [6, 6.07) is 32.2. The first-order valence-corrected chi connectivity index (χ1v) is 15.3. The lowest BCUT2D eigenvalue weighted by molar-refractivity contribution is 0.581. The summed E-state index contributed by atoms with van der Waals surface area (Å²) < 4.78 is 0. The molecule has 2 heterocycles. The highest BCUT2D eigenvalue weighted by Gasteiger charge is 2.24. The van der Waals surface area contributed by atoms with Crippen molar-refractivity contribution in [2.75, 3.05) is 0 Å². The molecule has 0 spiro atoms. The lowest BCUT2D eigenvalue weighted by atomic mass is 9.83. The van der Waals surface area contributed by atoms with Crippen LogP contribution in [0.5, 0.6) is 0 Å². The summed E-state index contributed by atoms with van der Waals surface area (Å²) in [5.74, 6) is 3.29. The number of nitrogens with zero attached hydrogens (tertiary/aromatic N) is 4. The van der Waals surface area contributed by atoms with E-state index in [0.717, 1.165) is 53.4 Å². The van der Waals surface area contributed by atoms with Gasteiger partial charge in [0.05, 0.1) is 5.52 Å². The van der Waals surface area contributed by atoms with Gasteiger partial charge in [0.25, 0.3) is 0 Å². The van der Waals surface area contributed by atoms with Crippen LogP contribution < -0.4 is 0 Å². The van der Waals surface area contributed by atoms with Crippen LogP contribution in [-0.2, 0) is 6.42 Å². The summed E-state index contributed by atoms with van der Waals surface area (Å²) >= 11 is 0. The van der Waals surface area contributed by atoms with E-state index in [1.165, 1.54) is 32.8 Å². The SMILES string of the molecule is CC1C=Cc2ccc(-c3nc(-c4ccc5ccccc5c4)nc(C4C=CC(c5cccc6cccnc56)CC4)n3)cc2C1. The summed E-state index contributed by atoms with van der Waals surface area (Å²) in [6.07, 6.45) is 14.1. The van der Waals surface area contributed by atoms with E-state index in [1.807, 2.05) is 12.3 Å². The third-order valence-electron chi connectivity index (χ3n) is 8.97. The Kier molecular flexibility index (Phi) is 6.40. The first-order chi connectivity index (χ1) is 21.2. The van der Waals surface area contributed by atoms with Crippen LogP contribution in [0, 0.1) is 5.92 Å². The molecule has 4 aromatic carbocycles. The van der Waals surface area contributed by atoms with E-state index < -0.39 is 0 Å². The van der Waals surface area contributed by atoms with Crippen molar-refractivity contribution in [2.24, 2.45) is 5.92 Å². The van der Waals surface area contributed by atoms with Gasteiger partial charge in [0.15, 0.2) is 11.6 Å². The lowest BCUT2D eigenvalue weighted by Gasteiger charge is -2.23. The zero-order chi connectivity index (χ0) is 28.8. The van der Waals surface area contributed by atoms with Crippen LogP contribution in [0.25, 0.3) is 50.5 Å². The maximum atomic E-state index is 5.13. The van der Waals surface area contributed by atoms with Gasteiger partial charge in [0.2, 0.25) is 0 Å². The molecule has 3 unspecified atom stereocenters. The molecular weight excluding hydrogens is 524 g/mol. The first-order valence-electron chi connectivity index (χ1n) is 15.3. The number of fused-ring (bicyclic) bond motifs is 3. The fraction of sp³-hybridized carbons (Fsp3) is 0.179. The zero-order valence-electron chi connectivity index (χ0n) is 24.2. The molecule has 2 aliphatic carbocycles. The fourth-order valence-electron chi connectivity index (χ4n) is 6.63. The second-order valence-corrected chi connectivity index (χ2v) is 12.0. The van der Waals surface area contributed by atoms with Crippen LogP contribution in [0.4, 0.5) is 0 Å². The second kappa shape index (κ2) is 10.7. The van der Waals surface area contributed by atoms with E-state index in [9.17, 15) is 0 Å². The Morgan fingerprint density at radius 3 is 2.23 bits per heavy atom. The van der Waals surface area contributed by atoms with Crippen molar-refractivity contribution in [3.8, 4) is 22.8 Å². The normalized spacial score (nSPS) is 19.5. The van der Waals surface area contributed by atoms with Crippen molar-refractivity contribution >= 4 is 27.8 Å². The van der Waals surface area contributed by atoms with E-state index in [2.05, 4.69) is 116 Å². The van der Waals surface area contributed by atoms with Crippen LogP contribution in [0.2, 0.25) is 0 Å². The Hall–Kier alpha value is -4.96. The highest BCUT2D eigenvalue weighted by molar-refractivity contribution is 5.86. The van der Waals surface area contributed by atoms with Gasteiger partial charge in [-0.2, -0.15) is 0 Å². The fourth-order valence-corrected chi connectivity index (χ4v) is 6.63. The molecule has 4 heteroatoms. The zero-order valence-corrected chi connectivity index (χ0v) is 24.2. The number of para-hydroxylation sites is 1. The molecule has 43 heavy (non-hydrogen) atoms. The molecule has 8 rings (SSSR count). The Labute approximate surface area is 251 Å². The molecule has 3 atom stereocenters. The van der Waals surface area contributed by atoms with Crippen LogP contribution in [0.3, 0.4) is 0 Å². The average molecular weight is 557 g/mol. The number of hydrogen-bond acceptors (Lipinski definition) is 4. The maximum Gasteiger partial charge on any atom is 0.163 e. The monoisotopic (exact) mass is 556 g/mol. The number of allylic oxidation sites excluding steroid dienone is 3. The summed E-state index contributed by atoms with van der Waals surface area (Å²) in [6.45, 7) is 2.27. The Morgan fingerprint density at radius 1 is 0.628 bits per heavy atom. The Morgan fingerprint density at radius 2 is 1.37 bits per heavy atom. The van der Waals surface area contributed by atoms with E-state index in [0.29, 0.717) is 11.8 Å². The van der Waals surface area contributed by atoms with E-state index in [-0.39, 0.29) is 5.92 Å². The first kappa shape index (κ1) is 25.7. The molecule has 4 nitrogen and oxygen atoms in total. The van der Waals surface area contributed by atoms with Crippen LogP contribution >= 0.6 is 0 Å². The van der Waals surface area contributed by atoms with Crippen molar-refractivity contribution in [2.45, 2.75) is 38.0 Å². The molecule has 0 amide bonds. The largest absolute Gasteiger partial charge is 0.256 e. The minimum Gasteiger partial charge on any atom is -0.256 e. The summed E-state index contributed by atoms with van der Waals surface area (Å²) in [5, 5.41) is 3.58. The Bertz CT molecular complexity index is 2050. The number of hydrogen-bond donors (Lipinski definition) is 0. The van der Waals surface area contributed by atoms with Crippen molar-refractivity contribution in [1.82, 2.24) is 19.9 Å². The van der Waals surface area contributed by atoms with Gasteiger partial charge in [-0.3, -0.25) is 4.98 Å². The van der Waals surface area contributed by atoms with E-state index >= 15 is 0 Å². The molecule has 0 fully saturated rings. The van der Waals surface area contributed by atoms with Crippen molar-refractivity contribution in [3.05, 3.63) is 138 Å². The molecule has 208 valence electrons. The van der Waals surface area contributed by atoms with Gasteiger partial charge in [-0.1, -0.05) is 104 Å². The van der Waals surface area contributed by atoms with Crippen molar-refractivity contribution < 1.29 is 0 Å². The molecule has 0 N–H and O–H groups in total.